The van der Waals surface area contributed by atoms with Gasteiger partial charge in [0.25, 0.3) is 5.91 Å². The highest BCUT2D eigenvalue weighted by atomic mass is 16.5. The van der Waals surface area contributed by atoms with E-state index in [2.05, 4.69) is 10.1 Å². The van der Waals surface area contributed by atoms with Gasteiger partial charge in [-0.1, -0.05) is 25.3 Å². The van der Waals surface area contributed by atoms with Crippen LogP contribution in [0.3, 0.4) is 0 Å². The summed E-state index contributed by atoms with van der Waals surface area (Å²) < 4.78 is 9.11. The SMILES string of the molecule is Cc1cc(C)c2c(OCC(=O)n3ccccc3=NC3CCCCC3)nn(C)c2n1. The van der Waals surface area contributed by atoms with Crippen LogP contribution in [0, 0.1) is 13.8 Å². The molecule has 0 unspecified atom stereocenters. The first-order valence-electron chi connectivity index (χ1n) is 10.2. The van der Waals surface area contributed by atoms with Crippen LogP contribution in [0.1, 0.15) is 48.2 Å². The molecule has 0 bridgehead atoms. The normalized spacial score (nSPS) is 15.8. The second-order valence-corrected chi connectivity index (χ2v) is 7.74. The molecule has 0 atom stereocenters. The molecule has 0 spiro atoms. The van der Waals surface area contributed by atoms with Crippen molar-refractivity contribution in [2.45, 2.75) is 52.0 Å². The molecule has 3 aromatic rings. The van der Waals surface area contributed by atoms with Crippen LogP contribution in [-0.2, 0) is 7.05 Å². The predicted octanol–water partition coefficient (Wildman–Crippen LogP) is 3.34. The van der Waals surface area contributed by atoms with Gasteiger partial charge in [0.1, 0.15) is 5.49 Å². The molecule has 1 saturated carbocycles. The number of nitrogens with zero attached hydrogens (tertiary/aromatic N) is 5. The summed E-state index contributed by atoms with van der Waals surface area (Å²) in [4.78, 5) is 22.3. The third kappa shape index (κ3) is 4.09. The molecule has 7 heteroatoms. The van der Waals surface area contributed by atoms with Crippen LogP contribution in [0.4, 0.5) is 0 Å². The molecule has 3 aromatic heterocycles. The third-order valence-corrected chi connectivity index (χ3v) is 5.42. The fraction of sp³-hybridized carbons (Fsp3) is 0.455. The molecule has 29 heavy (non-hydrogen) atoms. The van der Waals surface area contributed by atoms with Crippen molar-refractivity contribution in [2.24, 2.45) is 12.0 Å². The molecule has 0 aliphatic heterocycles. The predicted molar refractivity (Wildman–Crippen MR) is 111 cm³/mol. The van der Waals surface area contributed by atoms with E-state index in [0.29, 0.717) is 17.4 Å². The lowest BCUT2D eigenvalue weighted by Crippen LogP contribution is -2.32. The lowest BCUT2D eigenvalue weighted by Gasteiger charge is -2.17. The van der Waals surface area contributed by atoms with Crippen molar-refractivity contribution in [1.29, 1.82) is 0 Å². The minimum atomic E-state index is -0.170. The molecule has 7 nitrogen and oxygen atoms in total. The van der Waals surface area contributed by atoms with Crippen molar-refractivity contribution in [1.82, 2.24) is 19.3 Å². The Kier molecular flexibility index (Phi) is 5.47. The Morgan fingerprint density at radius 2 is 2.03 bits per heavy atom. The topological polar surface area (TPSA) is 74.3 Å². The second kappa shape index (κ2) is 8.19. The Bertz CT molecular complexity index is 1110. The average Bonchev–Trinajstić information content (AvgIpc) is 3.03. The summed E-state index contributed by atoms with van der Waals surface area (Å²) in [5.74, 6) is 0.264. The quantitative estimate of drug-likeness (QED) is 0.681. The maximum Gasteiger partial charge on any atom is 0.270 e. The van der Waals surface area contributed by atoms with Crippen LogP contribution in [-0.4, -0.2) is 37.9 Å². The zero-order chi connectivity index (χ0) is 20.4. The monoisotopic (exact) mass is 393 g/mol. The van der Waals surface area contributed by atoms with Gasteiger partial charge in [0.05, 0.1) is 11.4 Å². The Balaban J connectivity index is 1.57. The summed E-state index contributed by atoms with van der Waals surface area (Å²) in [5.41, 5.74) is 3.40. The first-order valence-corrected chi connectivity index (χ1v) is 10.2. The van der Waals surface area contributed by atoms with Gasteiger partial charge in [-0.05, 0) is 50.5 Å². The van der Waals surface area contributed by atoms with E-state index in [0.717, 1.165) is 35.1 Å². The zero-order valence-corrected chi connectivity index (χ0v) is 17.3. The van der Waals surface area contributed by atoms with Crippen molar-refractivity contribution < 1.29 is 9.53 Å². The van der Waals surface area contributed by atoms with Crippen molar-refractivity contribution >= 4 is 16.9 Å². The van der Waals surface area contributed by atoms with E-state index in [1.165, 1.54) is 19.3 Å². The van der Waals surface area contributed by atoms with E-state index in [9.17, 15) is 4.79 Å². The lowest BCUT2D eigenvalue weighted by atomic mass is 9.96. The van der Waals surface area contributed by atoms with E-state index >= 15 is 0 Å². The Morgan fingerprint density at radius 1 is 1.24 bits per heavy atom. The molecule has 3 heterocycles. The van der Waals surface area contributed by atoms with E-state index in [4.69, 9.17) is 9.73 Å². The van der Waals surface area contributed by atoms with Gasteiger partial charge >= 0.3 is 0 Å². The molecule has 1 fully saturated rings. The van der Waals surface area contributed by atoms with Gasteiger partial charge in [0, 0.05) is 18.9 Å². The number of carbonyl (C=O) groups is 1. The van der Waals surface area contributed by atoms with Crippen LogP contribution in [0.15, 0.2) is 35.5 Å². The minimum absolute atomic E-state index is 0.110. The van der Waals surface area contributed by atoms with Crippen molar-refractivity contribution in [3.63, 3.8) is 0 Å². The Labute approximate surface area is 170 Å². The van der Waals surface area contributed by atoms with Crippen molar-refractivity contribution in [3.05, 3.63) is 47.2 Å². The van der Waals surface area contributed by atoms with E-state index in [1.54, 1.807) is 15.4 Å². The number of hydrogen-bond acceptors (Lipinski definition) is 5. The first-order chi connectivity index (χ1) is 14.0. The highest BCUT2D eigenvalue weighted by molar-refractivity contribution is 5.86. The number of carbonyl (C=O) groups excluding carboxylic acids is 1. The minimum Gasteiger partial charge on any atom is -0.466 e. The van der Waals surface area contributed by atoms with Crippen molar-refractivity contribution in [2.75, 3.05) is 6.61 Å². The summed E-state index contributed by atoms with van der Waals surface area (Å²) >= 11 is 0. The molecular formula is C22H27N5O2. The smallest absolute Gasteiger partial charge is 0.270 e. The van der Waals surface area contributed by atoms with Gasteiger partial charge in [-0.2, -0.15) is 0 Å². The molecule has 0 amide bonds. The Hall–Kier alpha value is -2.96. The fourth-order valence-corrected chi connectivity index (χ4v) is 4.00. The fourth-order valence-electron chi connectivity index (χ4n) is 4.00. The van der Waals surface area contributed by atoms with E-state index in [1.807, 2.05) is 45.2 Å². The number of aromatic nitrogens is 4. The summed E-state index contributed by atoms with van der Waals surface area (Å²) in [5, 5.41) is 5.26. The third-order valence-electron chi connectivity index (χ3n) is 5.42. The number of fused-ring (bicyclic) bond motifs is 1. The lowest BCUT2D eigenvalue weighted by molar-refractivity contribution is 0.0828. The largest absolute Gasteiger partial charge is 0.466 e. The number of hydrogen-bond donors (Lipinski definition) is 0. The highest BCUT2D eigenvalue weighted by Gasteiger charge is 2.17. The first kappa shape index (κ1) is 19.4. The number of rotatable bonds is 4. The summed E-state index contributed by atoms with van der Waals surface area (Å²) in [6.45, 7) is 3.84. The molecular weight excluding hydrogens is 366 g/mol. The molecule has 152 valence electrons. The van der Waals surface area contributed by atoms with Crippen LogP contribution >= 0.6 is 0 Å². The number of pyridine rings is 2. The van der Waals surface area contributed by atoms with Gasteiger partial charge in [-0.25, -0.2) is 9.67 Å². The van der Waals surface area contributed by atoms with Gasteiger partial charge in [-0.3, -0.25) is 14.4 Å². The van der Waals surface area contributed by atoms with Crippen LogP contribution in [0.25, 0.3) is 11.0 Å². The molecule has 0 saturated heterocycles. The molecule has 0 aromatic carbocycles. The molecule has 0 radical (unpaired) electrons. The highest BCUT2D eigenvalue weighted by Crippen LogP contribution is 2.27. The summed E-state index contributed by atoms with van der Waals surface area (Å²) in [6, 6.07) is 7.93. The zero-order valence-electron chi connectivity index (χ0n) is 17.3. The van der Waals surface area contributed by atoms with Crippen LogP contribution in [0.5, 0.6) is 5.88 Å². The molecule has 1 aliphatic carbocycles. The number of aryl methyl sites for hydroxylation is 3. The van der Waals surface area contributed by atoms with Crippen LogP contribution < -0.4 is 10.2 Å². The van der Waals surface area contributed by atoms with Crippen molar-refractivity contribution in [3.8, 4) is 5.88 Å². The number of ether oxygens (including phenoxy) is 1. The molecule has 1 aliphatic rings. The molecule has 0 N–H and O–H groups in total. The second-order valence-electron chi connectivity index (χ2n) is 7.74. The van der Waals surface area contributed by atoms with Gasteiger partial charge in [-0.15, -0.1) is 5.10 Å². The van der Waals surface area contributed by atoms with Gasteiger partial charge in [0.2, 0.25) is 5.88 Å². The molecule has 4 rings (SSSR count). The van der Waals surface area contributed by atoms with Crippen LogP contribution in [0.2, 0.25) is 0 Å². The Morgan fingerprint density at radius 3 is 2.83 bits per heavy atom. The summed E-state index contributed by atoms with van der Waals surface area (Å²) in [6.07, 6.45) is 7.62. The van der Waals surface area contributed by atoms with Gasteiger partial charge < -0.3 is 4.74 Å². The summed E-state index contributed by atoms with van der Waals surface area (Å²) in [7, 11) is 1.83. The van der Waals surface area contributed by atoms with E-state index in [-0.39, 0.29) is 12.5 Å². The maximum absolute atomic E-state index is 12.9. The van der Waals surface area contributed by atoms with Gasteiger partial charge in [0.15, 0.2) is 12.3 Å². The maximum atomic E-state index is 12.9. The standard InChI is InChI=1S/C22H27N5O2/c1-15-13-16(2)23-21-20(15)22(25-26(21)3)29-14-19(28)27-12-8-7-11-18(27)24-17-9-5-4-6-10-17/h7-8,11-13,17H,4-6,9-10,14H2,1-3H3. The average molecular weight is 393 g/mol. The van der Waals surface area contributed by atoms with E-state index < -0.39 is 0 Å².